The van der Waals surface area contributed by atoms with Gasteiger partial charge >= 0.3 is 6.16 Å². The maximum Gasteiger partial charge on any atom is 0.465 e. The molecule has 1 rings (SSSR count). The van der Waals surface area contributed by atoms with Crippen molar-refractivity contribution in [2.24, 2.45) is 0 Å². The Morgan fingerprint density at radius 1 is 1.17 bits per heavy atom. The average molecular weight is 94.0 g/mol. The van der Waals surface area contributed by atoms with E-state index in [1.54, 1.807) is 0 Å². The third-order valence-electron chi connectivity index (χ3n) is 0.285. The van der Waals surface area contributed by atoms with Crippen molar-refractivity contribution in [2.75, 3.05) is 0 Å². The topological polar surface area (TPSA) is 68.2 Å². The van der Waals surface area contributed by atoms with Crippen LogP contribution in [0.25, 0.3) is 0 Å². The van der Waals surface area contributed by atoms with Crippen LogP contribution in [0.3, 0.4) is 0 Å². The summed E-state index contributed by atoms with van der Waals surface area (Å²) in [6.45, 7) is 0. The van der Waals surface area contributed by atoms with Gasteiger partial charge in [0.05, 0.1) is 0 Å². The van der Waals surface area contributed by atoms with Crippen LogP contribution < -0.4 is 0 Å². The van der Waals surface area contributed by atoms with Gasteiger partial charge in [-0.1, -0.05) is 5.04 Å². The second kappa shape index (κ2) is 0.895. The maximum atomic E-state index is 7.90. The lowest BCUT2D eigenvalue weighted by molar-refractivity contribution is -0.819. The highest BCUT2D eigenvalue weighted by Crippen LogP contribution is 2.15. The molecule has 6 heavy (non-hydrogen) atoms. The highest BCUT2D eigenvalue weighted by atomic mass is 17.7. The van der Waals surface area contributed by atoms with Crippen molar-refractivity contribution in [1.82, 2.24) is 0 Å². The minimum atomic E-state index is -2.50. The van der Waals surface area contributed by atoms with Crippen LogP contribution in [0.5, 0.6) is 0 Å². The molecule has 0 saturated carbocycles. The Labute approximate surface area is 32.5 Å². The third-order valence-corrected chi connectivity index (χ3v) is 0.285. The summed E-state index contributed by atoms with van der Waals surface area (Å²) in [6.07, 6.45) is -2.50. The molecule has 5 heteroatoms. The molecule has 0 bridgehead atoms. The molecule has 0 aliphatic carbocycles. The van der Waals surface area contributed by atoms with E-state index in [9.17, 15) is 0 Å². The van der Waals surface area contributed by atoms with Crippen LogP contribution in [0.4, 0.5) is 0 Å². The summed E-state index contributed by atoms with van der Waals surface area (Å²) < 4.78 is 0. The Kier molecular flexibility index (Phi) is 0.593. The standard InChI is InChI=1S/CH2O5/c2-1(3)4-6-5-1/h2-3H. The van der Waals surface area contributed by atoms with Gasteiger partial charge < -0.3 is 10.2 Å². The molecule has 0 radical (unpaired) electrons. The molecule has 0 aromatic rings. The van der Waals surface area contributed by atoms with E-state index in [1.807, 2.05) is 0 Å². The lowest BCUT2D eigenvalue weighted by Crippen LogP contribution is -2.44. The fraction of sp³-hybridized carbons (Fsp3) is 1.00. The fourth-order valence-corrected chi connectivity index (χ4v) is 0.0949. The third kappa shape index (κ3) is 0.490. The predicted octanol–water partition coefficient (Wildman–Crippen LogP) is -1.52. The van der Waals surface area contributed by atoms with Gasteiger partial charge in [0.25, 0.3) is 0 Å². The van der Waals surface area contributed by atoms with Crippen LogP contribution in [0.2, 0.25) is 0 Å². The number of hydrogen-bond donors (Lipinski definition) is 2. The zero-order valence-corrected chi connectivity index (χ0v) is 2.62. The van der Waals surface area contributed by atoms with Gasteiger partial charge in [-0.2, -0.15) is 0 Å². The molecule has 0 atom stereocenters. The van der Waals surface area contributed by atoms with Gasteiger partial charge in [0, 0.05) is 0 Å². The van der Waals surface area contributed by atoms with Crippen molar-refractivity contribution in [3.8, 4) is 0 Å². The first-order valence-electron chi connectivity index (χ1n) is 1.19. The van der Waals surface area contributed by atoms with Crippen LogP contribution in [0, 0.1) is 0 Å². The van der Waals surface area contributed by atoms with Gasteiger partial charge in [0.15, 0.2) is 0 Å². The van der Waals surface area contributed by atoms with Crippen LogP contribution in [0.15, 0.2) is 0 Å². The SMILES string of the molecule is OC1(O)OOO1. The highest BCUT2D eigenvalue weighted by Gasteiger charge is 2.39. The zero-order chi connectivity index (χ0) is 4.62. The Bertz CT molecular complexity index is 51.0. The monoisotopic (exact) mass is 94.0 g/mol. The quantitative estimate of drug-likeness (QED) is 0.281. The number of hydrogen-bond acceptors (Lipinski definition) is 5. The van der Waals surface area contributed by atoms with E-state index >= 15 is 0 Å². The average Bonchev–Trinajstić information content (AvgIpc) is 1.32. The number of rotatable bonds is 0. The molecule has 1 aliphatic rings. The molecule has 2 N–H and O–H groups in total. The summed E-state index contributed by atoms with van der Waals surface area (Å²) in [5.41, 5.74) is 0. The second-order valence-electron chi connectivity index (χ2n) is 0.783. The minimum Gasteiger partial charge on any atom is -0.315 e. The Morgan fingerprint density at radius 3 is 1.50 bits per heavy atom. The van der Waals surface area contributed by atoms with Crippen molar-refractivity contribution >= 4 is 0 Å². The Morgan fingerprint density at radius 2 is 1.50 bits per heavy atom. The van der Waals surface area contributed by atoms with E-state index < -0.39 is 6.16 Å². The Balaban J connectivity index is 2.31. The van der Waals surface area contributed by atoms with Gasteiger partial charge in [0.1, 0.15) is 0 Å². The smallest absolute Gasteiger partial charge is 0.315 e. The first-order chi connectivity index (χ1) is 2.71. The summed E-state index contributed by atoms with van der Waals surface area (Å²) in [5.74, 6) is 0. The van der Waals surface area contributed by atoms with Crippen molar-refractivity contribution in [3.63, 3.8) is 0 Å². The molecule has 0 aromatic heterocycles. The highest BCUT2D eigenvalue weighted by molar-refractivity contribution is 4.16. The molecule has 0 unspecified atom stereocenters. The predicted molar refractivity (Wildman–Crippen MR) is 10.4 cm³/mol. The molecular formula is CH2O5. The summed E-state index contributed by atoms with van der Waals surface area (Å²) in [5, 5.41) is 19.2. The summed E-state index contributed by atoms with van der Waals surface area (Å²) >= 11 is 0. The maximum absolute atomic E-state index is 7.90. The van der Waals surface area contributed by atoms with Gasteiger partial charge in [-0.05, 0) is 0 Å². The lowest BCUT2D eigenvalue weighted by atomic mass is 11.1. The van der Waals surface area contributed by atoms with Crippen molar-refractivity contribution in [2.45, 2.75) is 6.16 Å². The molecule has 36 valence electrons. The van der Waals surface area contributed by atoms with Gasteiger partial charge in [-0.3, -0.25) is 0 Å². The van der Waals surface area contributed by atoms with Gasteiger partial charge in [0.2, 0.25) is 0 Å². The van der Waals surface area contributed by atoms with Crippen LogP contribution in [-0.4, -0.2) is 16.4 Å². The summed E-state index contributed by atoms with van der Waals surface area (Å²) in [6, 6.07) is 0. The largest absolute Gasteiger partial charge is 0.465 e. The van der Waals surface area contributed by atoms with E-state index in [-0.39, 0.29) is 0 Å². The molecule has 1 fully saturated rings. The van der Waals surface area contributed by atoms with E-state index in [4.69, 9.17) is 10.2 Å². The summed E-state index contributed by atoms with van der Waals surface area (Å²) in [7, 11) is 0. The van der Waals surface area contributed by atoms with Crippen LogP contribution in [0.1, 0.15) is 0 Å². The molecule has 0 amide bonds. The van der Waals surface area contributed by atoms with Crippen LogP contribution >= 0.6 is 0 Å². The van der Waals surface area contributed by atoms with Crippen molar-refractivity contribution in [1.29, 1.82) is 0 Å². The van der Waals surface area contributed by atoms with E-state index in [2.05, 4.69) is 14.8 Å². The normalized spacial score (nSPS) is 29.0. The molecule has 1 aliphatic heterocycles. The zero-order valence-electron chi connectivity index (χ0n) is 2.62. The van der Waals surface area contributed by atoms with Crippen molar-refractivity contribution in [3.05, 3.63) is 0 Å². The molecule has 0 aromatic carbocycles. The van der Waals surface area contributed by atoms with Crippen molar-refractivity contribution < 1.29 is 25.0 Å². The Hall–Kier alpha value is -0.200. The lowest BCUT2D eigenvalue weighted by Gasteiger charge is -2.23. The van der Waals surface area contributed by atoms with Crippen LogP contribution in [-0.2, 0) is 14.8 Å². The first kappa shape index (κ1) is 3.97. The molecule has 0 spiro atoms. The fourth-order valence-electron chi connectivity index (χ4n) is 0.0949. The molecular weight excluding hydrogens is 92.0 g/mol. The first-order valence-corrected chi connectivity index (χ1v) is 1.19. The van der Waals surface area contributed by atoms with E-state index in [0.717, 1.165) is 0 Å². The van der Waals surface area contributed by atoms with E-state index in [1.165, 1.54) is 0 Å². The second-order valence-corrected chi connectivity index (χ2v) is 0.783. The van der Waals surface area contributed by atoms with Gasteiger partial charge in [-0.25, -0.2) is 0 Å². The van der Waals surface area contributed by atoms with Gasteiger partial charge in [-0.15, -0.1) is 9.78 Å². The number of aliphatic hydroxyl groups is 2. The molecule has 1 heterocycles. The van der Waals surface area contributed by atoms with E-state index in [0.29, 0.717) is 0 Å². The minimum absolute atomic E-state index is 2.50. The molecule has 1 saturated heterocycles. The molecule has 5 nitrogen and oxygen atoms in total. The summed E-state index contributed by atoms with van der Waals surface area (Å²) in [4.78, 5) is 7.01.